The molecule has 0 atom stereocenters. The van der Waals surface area contributed by atoms with Crippen molar-refractivity contribution in [2.24, 2.45) is 0 Å². The van der Waals surface area contributed by atoms with Gasteiger partial charge in [0.15, 0.2) is 12.3 Å². The van der Waals surface area contributed by atoms with Crippen LogP contribution in [0.25, 0.3) is 11.0 Å². The molecule has 0 aliphatic rings. The van der Waals surface area contributed by atoms with Crippen LogP contribution in [0.3, 0.4) is 0 Å². The van der Waals surface area contributed by atoms with Crippen LogP contribution < -0.4 is 9.64 Å². The fraction of sp³-hybridized carbons (Fsp3) is 0.300. The average Bonchev–Trinajstić information content (AvgIpc) is 3.09. The maximum absolute atomic E-state index is 13.1. The fourth-order valence-corrected chi connectivity index (χ4v) is 2.91. The van der Waals surface area contributed by atoms with Crippen molar-refractivity contribution < 1.29 is 19.4 Å². The van der Waals surface area contributed by atoms with E-state index >= 15 is 0 Å². The minimum absolute atomic E-state index is 0.130. The van der Waals surface area contributed by atoms with Crippen LogP contribution in [0.4, 0.5) is 5.69 Å². The van der Waals surface area contributed by atoms with Crippen molar-refractivity contribution in [3.05, 3.63) is 47.8 Å². The minimum atomic E-state index is -1.05. The number of carboxylic acid groups (broad SMARTS) is 1. The molecule has 3 rings (SSSR count). The molecule has 1 aromatic carbocycles. The Morgan fingerprint density at radius 2 is 1.93 bits per heavy atom. The highest BCUT2D eigenvalue weighted by atomic mass is 16.5. The standard InChI is InChI=1S/C20H22N4O4/c1-12(2)24-19-17(10-21-24)16(9-13(3)22-19)20(27)23(4)14-5-7-15(8-6-14)28-11-18(25)26/h5-10,12H,11H2,1-4H3,(H,25,26). The van der Waals surface area contributed by atoms with E-state index in [0.717, 1.165) is 5.69 Å². The number of benzene rings is 1. The van der Waals surface area contributed by atoms with Crippen LogP contribution in [0.2, 0.25) is 0 Å². The summed E-state index contributed by atoms with van der Waals surface area (Å²) in [5.74, 6) is -0.805. The van der Waals surface area contributed by atoms with Crippen molar-refractivity contribution in [3.63, 3.8) is 0 Å². The Bertz CT molecular complexity index is 1020. The van der Waals surface area contributed by atoms with Crippen LogP contribution in [0, 0.1) is 6.92 Å². The smallest absolute Gasteiger partial charge is 0.341 e. The van der Waals surface area contributed by atoms with E-state index in [9.17, 15) is 9.59 Å². The van der Waals surface area contributed by atoms with Gasteiger partial charge in [0.25, 0.3) is 5.91 Å². The molecular formula is C20H22N4O4. The minimum Gasteiger partial charge on any atom is -0.482 e. The summed E-state index contributed by atoms with van der Waals surface area (Å²) in [7, 11) is 1.68. The fourth-order valence-electron chi connectivity index (χ4n) is 2.91. The summed E-state index contributed by atoms with van der Waals surface area (Å²) in [5.41, 5.74) is 2.61. The highest BCUT2D eigenvalue weighted by molar-refractivity contribution is 6.13. The Morgan fingerprint density at radius 1 is 1.25 bits per heavy atom. The first-order valence-electron chi connectivity index (χ1n) is 8.85. The Morgan fingerprint density at radius 3 is 2.54 bits per heavy atom. The first-order valence-corrected chi connectivity index (χ1v) is 8.85. The number of ether oxygens (including phenoxy) is 1. The van der Waals surface area contributed by atoms with E-state index in [2.05, 4.69) is 10.1 Å². The van der Waals surface area contributed by atoms with E-state index in [1.54, 1.807) is 48.3 Å². The van der Waals surface area contributed by atoms with Crippen molar-refractivity contribution in [2.45, 2.75) is 26.8 Å². The molecule has 8 nitrogen and oxygen atoms in total. The first kappa shape index (κ1) is 19.3. The Kier molecular flexibility index (Phi) is 5.30. The van der Waals surface area contributed by atoms with E-state index in [-0.39, 0.29) is 11.9 Å². The third-order valence-corrected chi connectivity index (χ3v) is 4.31. The number of carbonyl (C=O) groups is 2. The van der Waals surface area contributed by atoms with Crippen LogP contribution in [0.15, 0.2) is 36.5 Å². The number of hydrogen-bond donors (Lipinski definition) is 1. The molecule has 0 aliphatic carbocycles. The molecule has 0 bridgehead atoms. The van der Waals surface area contributed by atoms with Crippen LogP contribution in [0.5, 0.6) is 5.75 Å². The lowest BCUT2D eigenvalue weighted by Gasteiger charge is -2.18. The first-order chi connectivity index (χ1) is 13.3. The number of nitrogens with zero attached hydrogens (tertiary/aromatic N) is 4. The molecule has 0 saturated carbocycles. The predicted molar refractivity (Wildman–Crippen MR) is 105 cm³/mol. The SMILES string of the molecule is Cc1cc(C(=O)N(C)c2ccc(OCC(=O)O)cc2)c2cnn(C(C)C)c2n1. The van der Waals surface area contributed by atoms with E-state index in [0.29, 0.717) is 28.0 Å². The van der Waals surface area contributed by atoms with Gasteiger partial charge in [-0.05, 0) is 51.1 Å². The zero-order valence-corrected chi connectivity index (χ0v) is 16.2. The highest BCUT2D eigenvalue weighted by Crippen LogP contribution is 2.25. The molecule has 0 fully saturated rings. The van der Waals surface area contributed by atoms with Gasteiger partial charge in [0.1, 0.15) is 5.75 Å². The van der Waals surface area contributed by atoms with Crippen molar-refractivity contribution in [1.82, 2.24) is 14.8 Å². The third kappa shape index (κ3) is 3.80. The maximum Gasteiger partial charge on any atom is 0.341 e. The van der Waals surface area contributed by atoms with Gasteiger partial charge in [0.2, 0.25) is 0 Å². The molecule has 28 heavy (non-hydrogen) atoms. The maximum atomic E-state index is 13.1. The second-order valence-electron chi connectivity index (χ2n) is 6.77. The molecule has 2 heterocycles. The monoisotopic (exact) mass is 382 g/mol. The van der Waals surface area contributed by atoms with Gasteiger partial charge in [-0.1, -0.05) is 0 Å². The molecule has 3 aromatic rings. The van der Waals surface area contributed by atoms with E-state index in [4.69, 9.17) is 9.84 Å². The molecule has 2 aromatic heterocycles. The Hall–Kier alpha value is -3.42. The summed E-state index contributed by atoms with van der Waals surface area (Å²) in [4.78, 5) is 29.8. The molecule has 0 saturated heterocycles. The van der Waals surface area contributed by atoms with Gasteiger partial charge in [-0.3, -0.25) is 4.79 Å². The van der Waals surface area contributed by atoms with Crippen LogP contribution in [-0.4, -0.2) is 45.4 Å². The van der Waals surface area contributed by atoms with E-state index < -0.39 is 12.6 Å². The molecular weight excluding hydrogens is 360 g/mol. The number of amides is 1. The number of aliphatic carboxylic acids is 1. The van der Waals surface area contributed by atoms with Gasteiger partial charge in [-0.15, -0.1) is 0 Å². The van der Waals surface area contributed by atoms with E-state index in [1.165, 1.54) is 4.90 Å². The second-order valence-corrected chi connectivity index (χ2v) is 6.77. The molecule has 0 aliphatic heterocycles. The second kappa shape index (κ2) is 7.67. The summed E-state index contributed by atoms with van der Waals surface area (Å²) < 4.78 is 6.92. The number of hydrogen-bond acceptors (Lipinski definition) is 5. The third-order valence-electron chi connectivity index (χ3n) is 4.31. The summed E-state index contributed by atoms with van der Waals surface area (Å²) in [6.07, 6.45) is 1.67. The lowest BCUT2D eigenvalue weighted by atomic mass is 10.1. The highest BCUT2D eigenvalue weighted by Gasteiger charge is 2.20. The van der Waals surface area contributed by atoms with Gasteiger partial charge in [0.05, 0.1) is 17.1 Å². The van der Waals surface area contributed by atoms with Crippen molar-refractivity contribution in [2.75, 3.05) is 18.6 Å². The molecule has 1 N–H and O–H groups in total. The van der Waals surface area contributed by atoms with Gasteiger partial charge in [-0.2, -0.15) is 5.10 Å². The Labute approximate surface area is 162 Å². The van der Waals surface area contributed by atoms with Crippen molar-refractivity contribution in [1.29, 1.82) is 0 Å². The summed E-state index contributed by atoms with van der Waals surface area (Å²) in [5, 5.41) is 13.8. The quantitative estimate of drug-likeness (QED) is 0.704. The van der Waals surface area contributed by atoms with Gasteiger partial charge in [0, 0.05) is 24.5 Å². The molecule has 0 spiro atoms. The Balaban J connectivity index is 1.90. The molecule has 8 heteroatoms. The number of fused-ring (bicyclic) bond motifs is 1. The van der Waals surface area contributed by atoms with Gasteiger partial charge < -0.3 is 14.7 Å². The van der Waals surface area contributed by atoms with Gasteiger partial charge >= 0.3 is 5.97 Å². The number of pyridine rings is 1. The number of anilines is 1. The van der Waals surface area contributed by atoms with Gasteiger partial charge in [-0.25, -0.2) is 14.5 Å². The van der Waals surface area contributed by atoms with Crippen LogP contribution >= 0.6 is 0 Å². The molecule has 146 valence electrons. The van der Waals surface area contributed by atoms with Crippen molar-refractivity contribution in [3.8, 4) is 5.75 Å². The number of aryl methyl sites for hydroxylation is 1. The topological polar surface area (TPSA) is 97.5 Å². The summed E-state index contributed by atoms with van der Waals surface area (Å²) in [6.45, 7) is 5.46. The van der Waals surface area contributed by atoms with E-state index in [1.807, 2.05) is 20.8 Å². The lowest BCUT2D eigenvalue weighted by molar-refractivity contribution is -0.139. The molecule has 1 amide bonds. The predicted octanol–water partition coefficient (Wildman–Crippen LogP) is 3.06. The summed E-state index contributed by atoms with van der Waals surface area (Å²) >= 11 is 0. The molecule has 0 unspecified atom stereocenters. The summed E-state index contributed by atoms with van der Waals surface area (Å²) in [6, 6.07) is 8.57. The van der Waals surface area contributed by atoms with Crippen molar-refractivity contribution >= 4 is 28.6 Å². The molecule has 0 radical (unpaired) electrons. The number of rotatable bonds is 6. The normalized spacial score (nSPS) is 11.0. The zero-order chi connectivity index (χ0) is 20.4. The lowest BCUT2D eigenvalue weighted by Crippen LogP contribution is -2.26. The zero-order valence-electron chi connectivity index (χ0n) is 16.2. The largest absolute Gasteiger partial charge is 0.482 e. The number of aromatic nitrogens is 3. The number of carbonyl (C=O) groups excluding carboxylic acids is 1. The number of carboxylic acids is 1. The van der Waals surface area contributed by atoms with Crippen LogP contribution in [0.1, 0.15) is 35.9 Å². The average molecular weight is 382 g/mol. The van der Waals surface area contributed by atoms with Crippen LogP contribution in [-0.2, 0) is 4.79 Å².